The average Bonchev–Trinajstić information content (AvgIpc) is 2.58. The van der Waals surface area contributed by atoms with Crippen LogP contribution >= 0.6 is 0 Å². The summed E-state index contributed by atoms with van der Waals surface area (Å²) in [5.74, 6) is -0.733. The highest BCUT2D eigenvalue weighted by atomic mass is 32.2. The number of carboxylic acid groups (broad SMARTS) is 1. The summed E-state index contributed by atoms with van der Waals surface area (Å²) in [6.45, 7) is 2.34. The Morgan fingerprint density at radius 1 is 1.20 bits per heavy atom. The molecular weight excluding hydrogens is 342 g/mol. The summed E-state index contributed by atoms with van der Waals surface area (Å²) >= 11 is 0. The van der Waals surface area contributed by atoms with E-state index in [0.717, 1.165) is 16.1 Å². The second-order valence-corrected chi connectivity index (χ2v) is 7.89. The standard InChI is InChI=1S/C18H21NO5S/c1-13(14-7-5-4-6-8-14)12-24-17-10-15(18(20)21)9-16(11-17)19(2)25(3,22)23/h4-11,13H,12H2,1-3H3,(H,20,21). The van der Waals surface area contributed by atoms with Crippen molar-refractivity contribution in [3.05, 3.63) is 59.7 Å². The van der Waals surface area contributed by atoms with Gasteiger partial charge in [-0.1, -0.05) is 37.3 Å². The molecule has 2 aromatic carbocycles. The van der Waals surface area contributed by atoms with Crippen LogP contribution in [-0.4, -0.2) is 39.4 Å². The molecule has 0 saturated carbocycles. The van der Waals surface area contributed by atoms with Crippen molar-refractivity contribution in [2.24, 2.45) is 0 Å². The van der Waals surface area contributed by atoms with Crippen LogP contribution in [-0.2, 0) is 10.0 Å². The Kier molecular flexibility index (Phi) is 5.69. The lowest BCUT2D eigenvalue weighted by molar-refractivity contribution is 0.0696. The summed E-state index contributed by atoms with van der Waals surface area (Å²) in [5.41, 5.74) is 1.31. The highest BCUT2D eigenvalue weighted by molar-refractivity contribution is 7.92. The van der Waals surface area contributed by atoms with Gasteiger partial charge in [-0.05, 0) is 17.7 Å². The first-order valence-electron chi connectivity index (χ1n) is 7.68. The van der Waals surface area contributed by atoms with E-state index in [4.69, 9.17) is 4.74 Å². The lowest BCUT2D eigenvalue weighted by Gasteiger charge is -2.19. The number of hydrogen-bond acceptors (Lipinski definition) is 4. The number of carboxylic acids is 1. The van der Waals surface area contributed by atoms with E-state index in [1.165, 1.54) is 25.2 Å². The fourth-order valence-electron chi connectivity index (χ4n) is 2.26. The normalized spacial score (nSPS) is 12.4. The number of ether oxygens (including phenoxy) is 1. The molecule has 2 aromatic rings. The van der Waals surface area contributed by atoms with Crippen LogP contribution in [0.5, 0.6) is 5.75 Å². The van der Waals surface area contributed by atoms with Gasteiger partial charge in [0.15, 0.2) is 0 Å². The molecule has 0 bridgehead atoms. The maximum absolute atomic E-state index is 11.7. The topological polar surface area (TPSA) is 83.9 Å². The minimum absolute atomic E-state index is 0.0321. The fourth-order valence-corrected chi connectivity index (χ4v) is 2.75. The summed E-state index contributed by atoms with van der Waals surface area (Å²) in [4.78, 5) is 11.3. The zero-order valence-electron chi connectivity index (χ0n) is 14.3. The third-order valence-corrected chi connectivity index (χ3v) is 5.07. The number of anilines is 1. The number of rotatable bonds is 7. The van der Waals surface area contributed by atoms with Crippen LogP contribution in [0.15, 0.2) is 48.5 Å². The van der Waals surface area contributed by atoms with Crippen LogP contribution in [0.1, 0.15) is 28.8 Å². The lowest BCUT2D eigenvalue weighted by Crippen LogP contribution is -2.25. The van der Waals surface area contributed by atoms with E-state index in [0.29, 0.717) is 12.4 Å². The van der Waals surface area contributed by atoms with E-state index in [9.17, 15) is 18.3 Å². The van der Waals surface area contributed by atoms with Gasteiger partial charge >= 0.3 is 5.97 Å². The quantitative estimate of drug-likeness (QED) is 0.818. The van der Waals surface area contributed by atoms with E-state index in [2.05, 4.69) is 0 Å². The highest BCUT2D eigenvalue weighted by Gasteiger charge is 2.17. The molecule has 0 heterocycles. The first-order chi connectivity index (χ1) is 11.7. The van der Waals surface area contributed by atoms with Gasteiger partial charge in [0.05, 0.1) is 24.1 Å². The number of sulfonamides is 1. The maximum atomic E-state index is 11.7. The van der Waals surface area contributed by atoms with Crippen LogP contribution in [0.4, 0.5) is 5.69 Å². The molecule has 0 aliphatic heterocycles. The molecular formula is C18H21NO5S. The number of carbonyl (C=O) groups is 1. The van der Waals surface area contributed by atoms with Gasteiger partial charge in [0, 0.05) is 19.0 Å². The summed E-state index contributed by atoms with van der Waals surface area (Å²) in [6.07, 6.45) is 1.05. The summed E-state index contributed by atoms with van der Waals surface area (Å²) in [5, 5.41) is 9.25. The SMILES string of the molecule is CC(COc1cc(C(=O)O)cc(N(C)S(C)(=O)=O)c1)c1ccccc1. The first-order valence-corrected chi connectivity index (χ1v) is 9.53. The molecule has 7 heteroatoms. The molecule has 0 saturated heterocycles. The summed E-state index contributed by atoms with van der Waals surface area (Å²) < 4.78 is 30.2. The molecule has 0 amide bonds. The van der Waals surface area contributed by atoms with E-state index < -0.39 is 16.0 Å². The van der Waals surface area contributed by atoms with Gasteiger partial charge in [-0.15, -0.1) is 0 Å². The van der Waals surface area contributed by atoms with Crippen LogP contribution in [0.25, 0.3) is 0 Å². The fraction of sp³-hybridized carbons (Fsp3) is 0.278. The van der Waals surface area contributed by atoms with Gasteiger partial charge in [0.1, 0.15) is 5.75 Å². The van der Waals surface area contributed by atoms with Crippen molar-refractivity contribution < 1.29 is 23.1 Å². The van der Waals surface area contributed by atoms with Crippen LogP contribution in [0.3, 0.4) is 0 Å². The Labute approximate surface area is 147 Å². The Hall–Kier alpha value is -2.54. The molecule has 134 valence electrons. The smallest absolute Gasteiger partial charge is 0.335 e. The Morgan fingerprint density at radius 2 is 1.84 bits per heavy atom. The number of benzene rings is 2. The zero-order valence-corrected chi connectivity index (χ0v) is 15.2. The van der Waals surface area contributed by atoms with Crippen LogP contribution in [0.2, 0.25) is 0 Å². The molecule has 1 N–H and O–H groups in total. The van der Waals surface area contributed by atoms with Crippen LogP contribution < -0.4 is 9.04 Å². The van der Waals surface area contributed by atoms with Gasteiger partial charge in [0.25, 0.3) is 0 Å². The predicted molar refractivity (Wildman–Crippen MR) is 97.0 cm³/mol. The molecule has 0 aliphatic carbocycles. The third-order valence-electron chi connectivity index (χ3n) is 3.87. The molecule has 25 heavy (non-hydrogen) atoms. The van der Waals surface area contributed by atoms with Gasteiger partial charge in [-0.2, -0.15) is 0 Å². The lowest BCUT2D eigenvalue weighted by atomic mass is 10.0. The molecule has 2 rings (SSSR count). The van der Waals surface area contributed by atoms with Crippen molar-refractivity contribution in [3.8, 4) is 5.75 Å². The summed E-state index contributed by atoms with van der Waals surface area (Å²) in [6, 6.07) is 14.0. The molecule has 0 aromatic heterocycles. The van der Waals surface area contributed by atoms with Gasteiger partial charge in [0.2, 0.25) is 10.0 Å². The Bertz CT molecular complexity index is 849. The van der Waals surface area contributed by atoms with Gasteiger partial charge < -0.3 is 9.84 Å². The summed E-state index contributed by atoms with van der Waals surface area (Å²) in [7, 11) is -2.14. The third kappa shape index (κ3) is 4.96. The molecule has 6 nitrogen and oxygen atoms in total. The molecule has 0 radical (unpaired) electrons. The van der Waals surface area contributed by atoms with E-state index in [-0.39, 0.29) is 17.2 Å². The Balaban J connectivity index is 2.25. The largest absolute Gasteiger partial charge is 0.493 e. The number of hydrogen-bond donors (Lipinski definition) is 1. The molecule has 1 unspecified atom stereocenters. The highest BCUT2D eigenvalue weighted by Crippen LogP contribution is 2.26. The molecule has 0 fully saturated rings. The maximum Gasteiger partial charge on any atom is 0.335 e. The van der Waals surface area contributed by atoms with E-state index in [1.807, 2.05) is 37.3 Å². The zero-order chi connectivity index (χ0) is 18.6. The Morgan fingerprint density at radius 3 is 2.40 bits per heavy atom. The van der Waals surface area contributed by atoms with Crippen molar-refractivity contribution >= 4 is 21.7 Å². The average molecular weight is 363 g/mol. The minimum Gasteiger partial charge on any atom is -0.493 e. The minimum atomic E-state index is -3.50. The monoisotopic (exact) mass is 363 g/mol. The number of nitrogens with zero attached hydrogens (tertiary/aromatic N) is 1. The molecule has 0 aliphatic rings. The van der Waals surface area contributed by atoms with Crippen molar-refractivity contribution in [1.82, 2.24) is 0 Å². The number of aromatic carboxylic acids is 1. The van der Waals surface area contributed by atoms with E-state index in [1.54, 1.807) is 0 Å². The van der Waals surface area contributed by atoms with Crippen molar-refractivity contribution in [1.29, 1.82) is 0 Å². The van der Waals surface area contributed by atoms with E-state index >= 15 is 0 Å². The second-order valence-electron chi connectivity index (χ2n) is 5.87. The van der Waals surface area contributed by atoms with Gasteiger partial charge in [-0.25, -0.2) is 13.2 Å². The van der Waals surface area contributed by atoms with Crippen molar-refractivity contribution in [2.75, 3.05) is 24.2 Å². The van der Waals surface area contributed by atoms with Gasteiger partial charge in [-0.3, -0.25) is 4.31 Å². The van der Waals surface area contributed by atoms with Crippen molar-refractivity contribution in [3.63, 3.8) is 0 Å². The van der Waals surface area contributed by atoms with Crippen LogP contribution in [0, 0.1) is 0 Å². The predicted octanol–water partition coefficient (Wildman–Crippen LogP) is 2.96. The molecule has 1 atom stereocenters. The second kappa shape index (κ2) is 7.57. The van der Waals surface area contributed by atoms with Crippen molar-refractivity contribution in [2.45, 2.75) is 12.8 Å². The first kappa shape index (κ1) is 18.8. The molecule has 0 spiro atoms.